The molecule has 0 radical (unpaired) electrons. The fourth-order valence-corrected chi connectivity index (χ4v) is 5.69. The summed E-state index contributed by atoms with van der Waals surface area (Å²) in [5.41, 5.74) is 5.22. The maximum Gasteiger partial charge on any atom is 0.211 e. The highest BCUT2D eigenvalue weighted by molar-refractivity contribution is 9.11. The molecule has 0 fully saturated rings. The van der Waals surface area contributed by atoms with E-state index < -0.39 is 0 Å². The van der Waals surface area contributed by atoms with E-state index in [1.807, 2.05) is 59.4 Å². The van der Waals surface area contributed by atoms with E-state index in [1.165, 1.54) is 11.1 Å². The first-order valence-corrected chi connectivity index (χ1v) is 13.0. The van der Waals surface area contributed by atoms with Crippen molar-refractivity contribution in [1.82, 2.24) is 4.68 Å². The third kappa shape index (κ3) is 5.25. The van der Waals surface area contributed by atoms with Gasteiger partial charge in [-0.15, -0.1) is 22.7 Å². The largest absolute Gasteiger partial charge is 0.220 e. The van der Waals surface area contributed by atoms with Gasteiger partial charge in [-0.2, -0.15) is 5.10 Å². The summed E-state index contributed by atoms with van der Waals surface area (Å²) in [5, 5.41) is 7.59. The smallest absolute Gasteiger partial charge is 0.211 e. The summed E-state index contributed by atoms with van der Waals surface area (Å²) in [4.78, 5) is 6.71. The molecule has 33 heavy (non-hydrogen) atoms. The molecule has 5 rings (SSSR count). The van der Waals surface area contributed by atoms with Crippen molar-refractivity contribution in [2.45, 2.75) is 0 Å². The van der Waals surface area contributed by atoms with E-state index in [2.05, 4.69) is 63.8 Å². The summed E-state index contributed by atoms with van der Waals surface area (Å²) in [6, 6.07) is 30.4. The normalized spacial score (nSPS) is 12.0. The maximum absolute atomic E-state index is 6.03. The molecule has 3 aromatic carbocycles. The zero-order valence-electron chi connectivity index (χ0n) is 17.2. The van der Waals surface area contributed by atoms with Crippen LogP contribution in [0.5, 0.6) is 0 Å². The van der Waals surface area contributed by atoms with E-state index in [-0.39, 0.29) is 0 Å². The number of thiazole rings is 1. The van der Waals surface area contributed by atoms with Gasteiger partial charge in [-0.25, -0.2) is 9.67 Å². The van der Waals surface area contributed by atoms with Crippen LogP contribution in [0, 0.1) is 0 Å². The summed E-state index contributed by atoms with van der Waals surface area (Å²) in [5.74, 6) is 0. The summed E-state index contributed by atoms with van der Waals surface area (Å²) >= 11 is 12.8. The predicted molar refractivity (Wildman–Crippen MR) is 145 cm³/mol. The lowest BCUT2D eigenvalue weighted by atomic mass is 10.0. The van der Waals surface area contributed by atoms with Crippen molar-refractivity contribution in [1.29, 1.82) is 0 Å². The Kier molecular flexibility index (Phi) is 6.69. The number of halogens is 2. The fourth-order valence-electron chi connectivity index (χ4n) is 3.25. The van der Waals surface area contributed by atoms with E-state index in [4.69, 9.17) is 21.7 Å². The molecule has 5 aromatic rings. The molecule has 0 aliphatic carbocycles. The quantitative estimate of drug-likeness (QED) is 0.196. The van der Waals surface area contributed by atoms with Crippen LogP contribution >= 0.6 is 50.2 Å². The Labute approximate surface area is 213 Å². The summed E-state index contributed by atoms with van der Waals surface area (Å²) in [6.45, 7) is 0. The zero-order chi connectivity index (χ0) is 22.6. The molecule has 0 spiro atoms. The number of nitrogens with zero attached hydrogens (tertiary/aromatic N) is 3. The molecule has 2 heterocycles. The number of thiophene rings is 1. The Morgan fingerprint density at radius 2 is 1.55 bits per heavy atom. The highest BCUT2D eigenvalue weighted by atomic mass is 79.9. The Bertz CT molecular complexity index is 1460. The number of hydrogen-bond donors (Lipinski definition) is 0. The van der Waals surface area contributed by atoms with Crippen LogP contribution in [0.3, 0.4) is 0 Å². The monoisotopic (exact) mass is 549 g/mol. The van der Waals surface area contributed by atoms with Crippen molar-refractivity contribution in [3.63, 3.8) is 0 Å². The number of benzene rings is 3. The molecule has 0 aliphatic rings. The first-order valence-electron chi connectivity index (χ1n) is 10.1. The van der Waals surface area contributed by atoms with E-state index in [9.17, 15) is 0 Å². The third-order valence-corrected chi connectivity index (χ3v) is 7.62. The maximum atomic E-state index is 6.03. The van der Waals surface area contributed by atoms with Gasteiger partial charge in [-0.3, -0.25) is 0 Å². The molecule has 0 aliphatic heterocycles. The van der Waals surface area contributed by atoms with Gasteiger partial charge in [0.25, 0.3) is 0 Å². The molecule has 0 atom stereocenters. The fraction of sp³-hybridized carbons (Fsp3) is 0. The van der Waals surface area contributed by atoms with E-state index in [1.54, 1.807) is 22.7 Å². The lowest BCUT2D eigenvalue weighted by Crippen LogP contribution is -2.11. The first kappa shape index (κ1) is 22.0. The predicted octanol–water partition coefficient (Wildman–Crippen LogP) is 8.48. The van der Waals surface area contributed by atoms with Crippen molar-refractivity contribution >= 4 is 62.1 Å². The molecule has 0 saturated heterocycles. The molecule has 0 unspecified atom stereocenters. The van der Waals surface area contributed by atoms with Crippen molar-refractivity contribution < 1.29 is 0 Å². The van der Waals surface area contributed by atoms with Gasteiger partial charge in [0.1, 0.15) is 0 Å². The van der Waals surface area contributed by atoms with Crippen LogP contribution in [-0.2, 0) is 0 Å². The minimum atomic E-state index is 0.689. The van der Waals surface area contributed by atoms with Gasteiger partial charge in [-0.05, 0) is 69.0 Å². The van der Waals surface area contributed by atoms with Crippen molar-refractivity contribution in [3.8, 4) is 21.7 Å². The molecule has 2 aromatic heterocycles. The van der Waals surface area contributed by atoms with Gasteiger partial charge in [0, 0.05) is 10.4 Å². The topological polar surface area (TPSA) is 29.6 Å². The van der Waals surface area contributed by atoms with Crippen LogP contribution in [-0.4, -0.2) is 10.9 Å². The summed E-state index contributed by atoms with van der Waals surface area (Å²) in [6.07, 6.45) is 1.87. The Morgan fingerprint density at radius 3 is 2.24 bits per heavy atom. The number of rotatable bonds is 5. The van der Waals surface area contributed by atoms with Gasteiger partial charge in [-0.1, -0.05) is 66.2 Å². The van der Waals surface area contributed by atoms with Gasteiger partial charge < -0.3 is 0 Å². The Morgan fingerprint density at radius 1 is 0.818 bits per heavy atom. The number of aromatic nitrogens is 1. The van der Waals surface area contributed by atoms with Crippen molar-refractivity contribution in [2.75, 3.05) is 0 Å². The first-order chi connectivity index (χ1) is 16.2. The van der Waals surface area contributed by atoms with Crippen LogP contribution in [0.1, 0.15) is 5.56 Å². The molecular weight excluding hydrogens is 534 g/mol. The summed E-state index contributed by atoms with van der Waals surface area (Å²) < 4.78 is 2.97. The second-order valence-corrected chi connectivity index (χ2v) is 10.9. The van der Waals surface area contributed by atoms with Crippen LogP contribution < -0.4 is 4.80 Å². The Balaban J connectivity index is 1.52. The molecule has 0 saturated carbocycles. The van der Waals surface area contributed by atoms with Crippen LogP contribution in [0.25, 0.3) is 21.7 Å². The molecular formula is C26H17BrClN3S2. The highest BCUT2D eigenvalue weighted by Crippen LogP contribution is 2.31. The SMILES string of the molecule is Clc1ccc(N=c2scc(-c3ccc(Br)s3)n2N=Cc2ccc(-c3ccccc3)cc2)cc1. The highest BCUT2D eigenvalue weighted by Gasteiger charge is 2.10. The molecule has 7 heteroatoms. The van der Waals surface area contributed by atoms with E-state index in [0.29, 0.717) is 5.02 Å². The second-order valence-electron chi connectivity index (χ2n) is 7.14. The average Bonchev–Trinajstić information content (AvgIpc) is 3.46. The number of hydrogen-bond acceptors (Lipinski definition) is 4. The Hall–Kier alpha value is -2.77. The van der Waals surface area contributed by atoms with Gasteiger partial charge >= 0.3 is 0 Å². The van der Waals surface area contributed by atoms with Crippen molar-refractivity contribution in [2.24, 2.45) is 10.1 Å². The van der Waals surface area contributed by atoms with Gasteiger partial charge in [0.2, 0.25) is 4.80 Å². The minimum Gasteiger partial charge on any atom is -0.220 e. The zero-order valence-corrected chi connectivity index (χ0v) is 21.2. The van der Waals surface area contributed by atoms with Gasteiger partial charge in [0.05, 0.1) is 26.3 Å². The van der Waals surface area contributed by atoms with Gasteiger partial charge in [0.15, 0.2) is 0 Å². The van der Waals surface area contributed by atoms with E-state index >= 15 is 0 Å². The third-order valence-electron chi connectivity index (χ3n) is 4.90. The summed E-state index contributed by atoms with van der Waals surface area (Å²) in [7, 11) is 0. The average molecular weight is 551 g/mol. The van der Waals surface area contributed by atoms with Crippen LogP contribution in [0.2, 0.25) is 5.02 Å². The lowest BCUT2D eigenvalue weighted by Gasteiger charge is -2.03. The molecule has 3 nitrogen and oxygen atoms in total. The molecule has 0 amide bonds. The van der Waals surface area contributed by atoms with E-state index in [0.717, 1.165) is 30.4 Å². The standard InChI is InChI=1S/C26H17BrClN3S2/c27-25-15-14-24(33-25)23-17-32-26(30-22-12-10-21(28)11-13-22)31(23)29-16-18-6-8-20(9-7-18)19-4-2-1-3-5-19/h1-17H. The minimum absolute atomic E-state index is 0.689. The molecule has 0 bridgehead atoms. The van der Waals surface area contributed by atoms with Crippen LogP contribution in [0.4, 0.5) is 5.69 Å². The second kappa shape index (κ2) is 10.0. The molecule has 0 N–H and O–H groups in total. The van der Waals surface area contributed by atoms with Crippen LogP contribution in [0.15, 0.2) is 110 Å². The lowest BCUT2D eigenvalue weighted by molar-refractivity contribution is 0.856. The molecule has 162 valence electrons. The van der Waals surface area contributed by atoms with Crippen molar-refractivity contribution in [3.05, 3.63) is 116 Å².